The molecule has 186 valence electrons. The van der Waals surface area contributed by atoms with Gasteiger partial charge in [-0.1, -0.05) is 24.3 Å². The van der Waals surface area contributed by atoms with E-state index in [0.29, 0.717) is 34.3 Å². The average Bonchev–Trinajstić information content (AvgIpc) is 3.85. The van der Waals surface area contributed by atoms with Crippen LogP contribution in [0.2, 0.25) is 0 Å². The molecule has 0 radical (unpaired) electrons. The van der Waals surface area contributed by atoms with E-state index in [4.69, 9.17) is 4.74 Å². The van der Waals surface area contributed by atoms with Crippen molar-refractivity contribution in [3.05, 3.63) is 94.2 Å². The number of esters is 1. The third-order valence-corrected chi connectivity index (χ3v) is 7.07. The second kappa shape index (κ2) is 8.96. The summed E-state index contributed by atoms with van der Waals surface area (Å²) in [5.74, 6) is -1.53. The Morgan fingerprint density at radius 1 is 1.08 bits per heavy atom. The van der Waals surface area contributed by atoms with Gasteiger partial charge in [-0.15, -0.1) is 0 Å². The average molecular weight is 498 g/mol. The molecule has 2 aromatic carbocycles. The zero-order chi connectivity index (χ0) is 25.7. The van der Waals surface area contributed by atoms with Gasteiger partial charge in [0.05, 0.1) is 18.4 Å². The lowest BCUT2D eigenvalue weighted by atomic mass is 10.0. The summed E-state index contributed by atoms with van der Waals surface area (Å²) in [6.07, 6.45) is 5.53. The number of hydrogen-bond donors (Lipinski definition) is 1. The molecule has 37 heavy (non-hydrogen) atoms. The van der Waals surface area contributed by atoms with Crippen LogP contribution in [-0.4, -0.2) is 34.6 Å². The molecule has 2 aromatic heterocycles. The minimum atomic E-state index is -0.397. The lowest BCUT2D eigenvalue weighted by Crippen LogP contribution is -2.31. The summed E-state index contributed by atoms with van der Waals surface area (Å²) in [5, 5.41) is 3.23. The number of carbonyl (C=O) groups excluding carboxylic acids is 2. The predicted molar refractivity (Wildman–Crippen MR) is 136 cm³/mol. The van der Waals surface area contributed by atoms with Gasteiger partial charge in [0.25, 0.3) is 5.91 Å². The fraction of sp³-hybridized carbons (Fsp3) is 0.241. The lowest BCUT2D eigenvalue weighted by Gasteiger charge is -2.14. The highest BCUT2D eigenvalue weighted by Crippen LogP contribution is 2.49. The van der Waals surface area contributed by atoms with Crippen LogP contribution in [-0.2, 0) is 9.53 Å². The van der Waals surface area contributed by atoms with Gasteiger partial charge in [-0.05, 0) is 66.3 Å². The summed E-state index contributed by atoms with van der Waals surface area (Å²) < 4.78 is 21.6. The monoisotopic (exact) mass is 497 g/mol. The highest BCUT2D eigenvalue weighted by atomic mass is 19.1. The summed E-state index contributed by atoms with van der Waals surface area (Å²) in [5.41, 5.74) is 2.74. The number of nitrogens with one attached hydrogen (secondary N) is 1. The van der Waals surface area contributed by atoms with Crippen LogP contribution in [0.25, 0.3) is 27.8 Å². The van der Waals surface area contributed by atoms with Crippen LogP contribution < -0.4 is 10.7 Å². The Balaban J connectivity index is 1.38. The number of nitrogens with zero attached hydrogens (tertiary/aromatic N) is 2. The molecule has 7 nitrogen and oxygen atoms in total. The molecular formula is C29H24FN3O4. The number of methoxy groups -OCH3 is 1. The lowest BCUT2D eigenvalue weighted by molar-refractivity contribution is -0.142. The maximum Gasteiger partial charge on any atom is 0.309 e. The third-order valence-electron chi connectivity index (χ3n) is 7.07. The fourth-order valence-electron chi connectivity index (χ4n) is 4.80. The molecule has 0 spiro atoms. The molecule has 1 amide bonds. The van der Waals surface area contributed by atoms with Crippen LogP contribution in [0.3, 0.4) is 0 Å². The maximum atomic E-state index is 15.0. The van der Waals surface area contributed by atoms with Gasteiger partial charge in [0.1, 0.15) is 17.0 Å². The molecule has 0 aliphatic heterocycles. The standard InChI is InChI=1S/C29H24FN3O4/c1-37-29(36)23-14-22(23)20-10-7-17(13-25(20)30)16-4-2-5-19(12-16)33-15-24(28(35)32-18-8-9-18)26(34)21-6-3-11-31-27(21)33/h2-7,10-13,15,18,22-23H,8-9,14H2,1H3,(H,32,35). The normalized spacial score (nSPS) is 18.4. The van der Waals surface area contributed by atoms with Crippen LogP contribution in [0.4, 0.5) is 4.39 Å². The van der Waals surface area contributed by atoms with Crippen molar-refractivity contribution < 1.29 is 18.7 Å². The molecule has 2 fully saturated rings. The van der Waals surface area contributed by atoms with Crippen molar-refractivity contribution in [1.82, 2.24) is 14.9 Å². The van der Waals surface area contributed by atoms with E-state index in [-0.39, 0.29) is 40.7 Å². The summed E-state index contributed by atoms with van der Waals surface area (Å²) in [7, 11) is 1.34. The van der Waals surface area contributed by atoms with Crippen LogP contribution >= 0.6 is 0 Å². The minimum absolute atomic E-state index is 0.0535. The molecule has 0 saturated heterocycles. The smallest absolute Gasteiger partial charge is 0.309 e. The molecular weight excluding hydrogens is 473 g/mol. The first kappa shape index (κ1) is 23.1. The quantitative estimate of drug-likeness (QED) is 0.400. The molecule has 2 saturated carbocycles. The van der Waals surface area contributed by atoms with Crippen LogP contribution in [0.5, 0.6) is 0 Å². The van der Waals surface area contributed by atoms with Crippen molar-refractivity contribution in [1.29, 1.82) is 0 Å². The molecule has 2 unspecified atom stereocenters. The van der Waals surface area contributed by atoms with Crippen LogP contribution in [0.1, 0.15) is 41.1 Å². The summed E-state index contributed by atoms with van der Waals surface area (Å²) in [6.45, 7) is 0. The summed E-state index contributed by atoms with van der Waals surface area (Å²) >= 11 is 0. The number of hydrogen-bond acceptors (Lipinski definition) is 5. The first-order valence-electron chi connectivity index (χ1n) is 12.2. The van der Waals surface area contributed by atoms with Crippen molar-refractivity contribution in [2.45, 2.75) is 31.2 Å². The number of carbonyl (C=O) groups is 2. The summed E-state index contributed by atoms with van der Waals surface area (Å²) in [6, 6.07) is 15.9. The maximum absolute atomic E-state index is 15.0. The Bertz CT molecular complexity index is 1630. The van der Waals surface area contributed by atoms with E-state index in [1.165, 1.54) is 19.4 Å². The molecule has 8 heteroatoms. The Labute approximate surface area is 211 Å². The van der Waals surface area contributed by atoms with Crippen molar-refractivity contribution in [3.63, 3.8) is 0 Å². The van der Waals surface area contributed by atoms with Crippen molar-refractivity contribution in [2.75, 3.05) is 7.11 Å². The molecule has 2 aliphatic carbocycles. The Kier molecular flexibility index (Phi) is 5.59. The van der Waals surface area contributed by atoms with E-state index in [1.807, 2.05) is 30.3 Å². The van der Waals surface area contributed by atoms with Gasteiger partial charge >= 0.3 is 5.97 Å². The zero-order valence-electron chi connectivity index (χ0n) is 20.1. The Hall–Kier alpha value is -4.33. The van der Waals surface area contributed by atoms with E-state index in [0.717, 1.165) is 18.4 Å². The number of amides is 1. The minimum Gasteiger partial charge on any atom is -0.469 e. The zero-order valence-corrected chi connectivity index (χ0v) is 20.1. The largest absolute Gasteiger partial charge is 0.469 e. The van der Waals surface area contributed by atoms with Gasteiger partial charge in [-0.3, -0.25) is 14.4 Å². The first-order valence-corrected chi connectivity index (χ1v) is 12.2. The van der Waals surface area contributed by atoms with E-state index in [1.54, 1.807) is 29.0 Å². The number of rotatable bonds is 6. The van der Waals surface area contributed by atoms with Gasteiger partial charge in [-0.2, -0.15) is 0 Å². The number of aromatic nitrogens is 2. The second-order valence-corrected chi connectivity index (χ2v) is 9.62. The molecule has 0 bridgehead atoms. The topological polar surface area (TPSA) is 90.3 Å². The molecule has 6 rings (SSSR count). The number of pyridine rings is 2. The van der Waals surface area contributed by atoms with E-state index >= 15 is 4.39 Å². The van der Waals surface area contributed by atoms with E-state index < -0.39 is 5.91 Å². The predicted octanol–water partition coefficient (Wildman–Crippen LogP) is 4.36. The molecule has 2 heterocycles. The molecule has 2 aliphatic rings. The van der Waals surface area contributed by atoms with Crippen molar-refractivity contribution in [3.8, 4) is 16.8 Å². The van der Waals surface area contributed by atoms with Gasteiger partial charge < -0.3 is 14.6 Å². The van der Waals surface area contributed by atoms with Gasteiger partial charge in [-0.25, -0.2) is 9.37 Å². The third kappa shape index (κ3) is 4.28. The molecule has 1 N–H and O–H groups in total. The molecule has 4 aromatic rings. The van der Waals surface area contributed by atoms with Crippen LogP contribution in [0.15, 0.2) is 71.8 Å². The van der Waals surface area contributed by atoms with E-state index in [2.05, 4.69) is 10.3 Å². The van der Waals surface area contributed by atoms with Gasteiger partial charge in [0.2, 0.25) is 5.43 Å². The Morgan fingerprint density at radius 3 is 2.65 bits per heavy atom. The SMILES string of the molecule is COC(=O)C1CC1c1ccc(-c2cccc(-n3cc(C(=O)NC4CC4)c(=O)c4cccnc43)c2)cc1F. The second-order valence-electron chi connectivity index (χ2n) is 9.62. The number of ether oxygens (including phenoxy) is 1. The Morgan fingerprint density at radius 2 is 1.89 bits per heavy atom. The van der Waals surface area contributed by atoms with E-state index in [9.17, 15) is 14.4 Å². The highest BCUT2D eigenvalue weighted by molar-refractivity contribution is 5.97. The van der Waals surface area contributed by atoms with Crippen molar-refractivity contribution >= 4 is 22.9 Å². The number of benzene rings is 2. The number of fused-ring (bicyclic) bond motifs is 1. The van der Waals surface area contributed by atoms with Gasteiger partial charge in [0.15, 0.2) is 0 Å². The van der Waals surface area contributed by atoms with Crippen LogP contribution in [0, 0.1) is 11.7 Å². The molecule has 2 atom stereocenters. The number of halogens is 1. The summed E-state index contributed by atoms with van der Waals surface area (Å²) in [4.78, 5) is 42.1. The van der Waals surface area contributed by atoms with Crippen molar-refractivity contribution in [2.24, 2.45) is 5.92 Å². The highest BCUT2D eigenvalue weighted by Gasteiger charge is 2.46. The van der Waals surface area contributed by atoms with Gasteiger partial charge in [0, 0.05) is 30.0 Å². The first-order chi connectivity index (χ1) is 17.9. The fourth-order valence-corrected chi connectivity index (χ4v) is 4.80.